The van der Waals surface area contributed by atoms with Crippen LogP contribution >= 0.6 is 23.2 Å². The molecule has 0 heterocycles. The highest BCUT2D eigenvalue weighted by molar-refractivity contribution is 6.48. The van der Waals surface area contributed by atoms with Gasteiger partial charge >= 0.3 is 10.5 Å². The first kappa shape index (κ1) is 9.11. The van der Waals surface area contributed by atoms with Gasteiger partial charge in [0, 0.05) is 0 Å². The molecular formula is C4H3Cl2F3. The fraction of sp³-hybridized carbons (Fsp3) is 0.500. The highest BCUT2D eigenvalue weighted by atomic mass is 35.5. The topological polar surface area (TPSA) is 0 Å². The van der Waals surface area contributed by atoms with Gasteiger partial charge < -0.3 is 0 Å². The normalized spacial score (nSPS) is 13.4. The Morgan fingerprint density at radius 3 is 1.56 bits per heavy atom. The summed E-state index contributed by atoms with van der Waals surface area (Å²) in [6.07, 6.45) is 0.0486. The summed E-state index contributed by atoms with van der Waals surface area (Å²) in [7, 11) is 0. The second-order valence-electron chi connectivity index (χ2n) is 1.32. The van der Waals surface area contributed by atoms with E-state index >= 15 is 0 Å². The van der Waals surface area contributed by atoms with E-state index in [0.29, 0.717) is 0 Å². The molecule has 0 aliphatic carbocycles. The predicted octanol–water partition coefficient (Wildman–Crippen LogP) is 2.91. The van der Waals surface area contributed by atoms with Crippen LogP contribution in [0.25, 0.3) is 0 Å². The second-order valence-corrected chi connectivity index (χ2v) is 2.56. The van der Waals surface area contributed by atoms with Gasteiger partial charge in [-0.3, -0.25) is 0 Å². The summed E-state index contributed by atoms with van der Waals surface area (Å²) in [6.45, 7) is 2.64. The Kier molecular flexibility index (Phi) is 2.41. The molecular weight excluding hydrogens is 176 g/mol. The van der Waals surface area contributed by atoms with E-state index in [-0.39, 0.29) is 6.08 Å². The van der Waals surface area contributed by atoms with Crippen LogP contribution in [0.3, 0.4) is 0 Å². The van der Waals surface area contributed by atoms with Crippen LogP contribution in [0.15, 0.2) is 12.7 Å². The zero-order valence-electron chi connectivity index (χ0n) is 4.17. The number of alkyl halides is 5. The van der Waals surface area contributed by atoms with Gasteiger partial charge in [-0.1, -0.05) is 29.8 Å². The maximum atomic E-state index is 11.9. The molecule has 0 nitrogen and oxygen atoms in total. The first-order valence-electron chi connectivity index (χ1n) is 1.89. The van der Waals surface area contributed by atoms with E-state index in [1.807, 2.05) is 0 Å². The number of rotatable bonds is 2. The van der Waals surface area contributed by atoms with E-state index in [9.17, 15) is 13.2 Å². The van der Waals surface area contributed by atoms with E-state index in [0.717, 1.165) is 0 Å². The van der Waals surface area contributed by atoms with Crippen molar-refractivity contribution in [2.24, 2.45) is 0 Å². The molecule has 0 spiro atoms. The molecule has 9 heavy (non-hydrogen) atoms. The third-order valence-electron chi connectivity index (χ3n) is 0.634. The van der Waals surface area contributed by atoms with Crippen molar-refractivity contribution in [3.05, 3.63) is 12.7 Å². The molecule has 54 valence electrons. The smallest absolute Gasteiger partial charge is 0.201 e. The fourth-order valence-corrected chi connectivity index (χ4v) is 0.270. The average molecular weight is 179 g/mol. The van der Waals surface area contributed by atoms with Gasteiger partial charge in [0.2, 0.25) is 0 Å². The zero-order valence-corrected chi connectivity index (χ0v) is 5.69. The van der Waals surface area contributed by atoms with Gasteiger partial charge in [0.05, 0.1) is 0 Å². The van der Waals surface area contributed by atoms with Crippen LogP contribution in [0.1, 0.15) is 0 Å². The summed E-state index contributed by atoms with van der Waals surface area (Å²) in [5.74, 6) is -3.89. The van der Waals surface area contributed by atoms with Crippen molar-refractivity contribution in [1.82, 2.24) is 0 Å². The standard InChI is InChI=1S/C4H3Cl2F3/c1-2-3(7,8)4(5,6)9/h2H,1H2. The van der Waals surface area contributed by atoms with Gasteiger partial charge in [-0.2, -0.15) is 8.78 Å². The predicted molar refractivity (Wildman–Crippen MR) is 30.7 cm³/mol. The van der Waals surface area contributed by atoms with E-state index in [1.54, 1.807) is 0 Å². The lowest BCUT2D eigenvalue weighted by Gasteiger charge is -2.17. The maximum Gasteiger partial charge on any atom is 0.327 e. The average Bonchev–Trinajstić information content (AvgIpc) is 1.64. The van der Waals surface area contributed by atoms with Crippen LogP contribution in [-0.2, 0) is 0 Å². The summed E-state index contributed by atoms with van der Waals surface area (Å²) in [4.78, 5) is 0. The van der Waals surface area contributed by atoms with Crippen LogP contribution in [0, 0.1) is 0 Å². The van der Waals surface area contributed by atoms with Gasteiger partial charge in [-0.05, 0) is 6.08 Å². The number of halogens is 5. The monoisotopic (exact) mass is 178 g/mol. The molecule has 0 N–H and O–H groups in total. The third-order valence-corrected chi connectivity index (χ3v) is 1.14. The van der Waals surface area contributed by atoms with Crippen molar-refractivity contribution in [3.63, 3.8) is 0 Å². The van der Waals surface area contributed by atoms with Gasteiger partial charge in [0.25, 0.3) is 0 Å². The molecule has 0 amide bonds. The Bertz CT molecular complexity index is 115. The Hall–Kier alpha value is 0.110. The quantitative estimate of drug-likeness (QED) is 0.451. The third kappa shape index (κ3) is 2.06. The zero-order chi connectivity index (χ0) is 7.71. The van der Waals surface area contributed by atoms with Crippen LogP contribution in [0.5, 0.6) is 0 Å². The number of hydrogen-bond donors (Lipinski definition) is 0. The highest BCUT2D eigenvalue weighted by Crippen LogP contribution is 2.40. The largest absolute Gasteiger partial charge is 0.327 e. The molecule has 0 aromatic carbocycles. The maximum absolute atomic E-state index is 11.9. The van der Waals surface area contributed by atoms with Crippen LogP contribution in [0.4, 0.5) is 13.2 Å². The molecule has 0 bridgehead atoms. The molecule has 0 aromatic rings. The van der Waals surface area contributed by atoms with Crippen LogP contribution < -0.4 is 0 Å². The molecule has 0 aromatic heterocycles. The lowest BCUT2D eigenvalue weighted by Crippen LogP contribution is -2.31. The first-order valence-corrected chi connectivity index (χ1v) is 2.65. The molecule has 0 saturated heterocycles. The molecule has 0 aliphatic rings. The summed E-state index contributed by atoms with van der Waals surface area (Å²) >= 11 is 8.80. The Labute approximate surface area is 60.2 Å². The van der Waals surface area contributed by atoms with Gasteiger partial charge in [-0.15, -0.1) is 0 Å². The van der Waals surface area contributed by atoms with Gasteiger partial charge in [0.15, 0.2) is 0 Å². The molecule has 5 heteroatoms. The van der Waals surface area contributed by atoms with Crippen molar-refractivity contribution in [3.8, 4) is 0 Å². The first-order chi connectivity index (χ1) is 3.81. The minimum absolute atomic E-state index is 0.0486. The van der Waals surface area contributed by atoms with Crippen molar-refractivity contribution in [1.29, 1.82) is 0 Å². The van der Waals surface area contributed by atoms with Crippen molar-refractivity contribution in [2.45, 2.75) is 10.5 Å². The SMILES string of the molecule is C=CC(F)(F)C(F)(Cl)Cl. The highest BCUT2D eigenvalue weighted by Gasteiger charge is 2.50. The summed E-state index contributed by atoms with van der Waals surface area (Å²) in [6, 6.07) is 0. The molecule has 0 saturated carbocycles. The van der Waals surface area contributed by atoms with Gasteiger partial charge in [-0.25, -0.2) is 4.39 Å². The Balaban J connectivity index is 4.32. The summed E-state index contributed by atoms with van der Waals surface area (Å²) in [5, 5.41) is 0. The summed E-state index contributed by atoms with van der Waals surface area (Å²) < 4.78 is 32.1. The van der Waals surface area contributed by atoms with Crippen molar-refractivity contribution >= 4 is 23.2 Å². The van der Waals surface area contributed by atoms with E-state index < -0.39 is 10.5 Å². The lowest BCUT2D eigenvalue weighted by molar-refractivity contribution is -0.0112. The summed E-state index contributed by atoms with van der Waals surface area (Å²) in [5.41, 5.74) is 0. The Morgan fingerprint density at radius 2 is 1.56 bits per heavy atom. The van der Waals surface area contributed by atoms with Crippen LogP contribution in [0.2, 0.25) is 0 Å². The van der Waals surface area contributed by atoms with E-state index in [1.165, 1.54) is 0 Å². The molecule has 0 radical (unpaired) electrons. The molecule has 0 aliphatic heterocycles. The fourth-order valence-electron chi connectivity index (χ4n) is 0.116. The second kappa shape index (κ2) is 2.39. The van der Waals surface area contributed by atoms with Gasteiger partial charge in [0.1, 0.15) is 0 Å². The van der Waals surface area contributed by atoms with Crippen molar-refractivity contribution < 1.29 is 13.2 Å². The molecule has 0 atom stereocenters. The van der Waals surface area contributed by atoms with Crippen molar-refractivity contribution in [2.75, 3.05) is 0 Å². The molecule has 0 fully saturated rings. The molecule has 0 rings (SSSR count). The molecule has 0 unspecified atom stereocenters. The number of allylic oxidation sites excluding steroid dienone is 1. The minimum atomic E-state index is -3.89. The number of hydrogen-bond acceptors (Lipinski definition) is 0. The minimum Gasteiger partial charge on any atom is -0.201 e. The lowest BCUT2D eigenvalue weighted by atomic mass is 10.4. The van der Waals surface area contributed by atoms with E-state index in [4.69, 9.17) is 0 Å². The van der Waals surface area contributed by atoms with Crippen LogP contribution in [-0.4, -0.2) is 10.5 Å². The van der Waals surface area contributed by atoms with E-state index in [2.05, 4.69) is 29.8 Å². The Morgan fingerprint density at radius 1 is 1.22 bits per heavy atom.